The van der Waals surface area contributed by atoms with Crippen molar-refractivity contribution in [1.82, 2.24) is 19.5 Å². The van der Waals surface area contributed by atoms with Crippen LogP contribution in [0, 0.1) is 0 Å². The molecule has 4 aromatic heterocycles. The fraction of sp³-hybridized carbons (Fsp3) is 0. The van der Waals surface area contributed by atoms with Crippen molar-refractivity contribution in [3.05, 3.63) is 182 Å². The molecule has 0 unspecified atom stereocenters. The molecule has 0 aliphatic heterocycles. The predicted molar refractivity (Wildman–Crippen MR) is 230 cm³/mol. The van der Waals surface area contributed by atoms with E-state index in [1.54, 1.807) is 0 Å². The Morgan fingerprint density at radius 2 is 0.895 bits per heavy atom. The topological polar surface area (TPSA) is 69.9 Å². The van der Waals surface area contributed by atoms with E-state index in [2.05, 4.69) is 114 Å². The predicted octanol–water partition coefficient (Wildman–Crippen LogP) is 13.4. The number of fused-ring (bicyclic) bond motifs is 9. The molecule has 266 valence electrons. The van der Waals surface area contributed by atoms with E-state index < -0.39 is 0 Å². The number of para-hydroxylation sites is 2. The lowest BCUT2D eigenvalue weighted by Crippen LogP contribution is -2.00. The van der Waals surface area contributed by atoms with Crippen LogP contribution in [0.5, 0.6) is 0 Å². The van der Waals surface area contributed by atoms with Crippen molar-refractivity contribution in [3.63, 3.8) is 0 Å². The highest BCUT2D eigenvalue weighted by molar-refractivity contribution is 6.16. The maximum absolute atomic E-state index is 6.64. The van der Waals surface area contributed by atoms with Gasteiger partial charge in [0.2, 0.25) is 0 Å². The van der Waals surface area contributed by atoms with Crippen LogP contribution in [-0.2, 0) is 0 Å². The van der Waals surface area contributed by atoms with Crippen LogP contribution in [-0.4, -0.2) is 19.5 Å². The minimum Gasteiger partial charge on any atom is -0.456 e. The molecule has 0 radical (unpaired) electrons. The number of benzene rings is 8. The molecule has 4 heterocycles. The third-order valence-electron chi connectivity index (χ3n) is 11.1. The quantitative estimate of drug-likeness (QED) is 0.176. The minimum atomic E-state index is 0.587. The molecule has 0 aliphatic rings. The fourth-order valence-electron chi connectivity index (χ4n) is 8.48. The summed E-state index contributed by atoms with van der Waals surface area (Å²) in [5.74, 6) is 1.82. The van der Waals surface area contributed by atoms with E-state index >= 15 is 0 Å². The van der Waals surface area contributed by atoms with Gasteiger partial charge < -0.3 is 13.4 Å². The van der Waals surface area contributed by atoms with Gasteiger partial charge in [0.1, 0.15) is 22.3 Å². The molecular formula is C51H30N4O2. The average Bonchev–Trinajstić information content (AvgIpc) is 3.96. The van der Waals surface area contributed by atoms with Crippen molar-refractivity contribution < 1.29 is 8.83 Å². The number of hydrogen-bond donors (Lipinski definition) is 0. The Kier molecular flexibility index (Phi) is 6.83. The summed E-state index contributed by atoms with van der Waals surface area (Å²) < 4.78 is 15.5. The monoisotopic (exact) mass is 730 g/mol. The highest BCUT2D eigenvalue weighted by Crippen LogP contribution is 2.42. The van der Waals surface area contributed by atoms with Crippen molar-refractivity contribution in [2.24, 2.45) is 0 Å². The largest absolute Gasteiger partial charge is 0.456 e. The summed E-state index contributed by atoms with van der Waals surface area (Å²) in [6, 6.07) is 62.6. The Morgan fingerprint density at radius 1 is 0.333 bits per heavy atom. The van der Waals surface area contributed by atoms with Crippen LogP contribution in [0.2, 0.25) is 0 Å². The van der Waals surface area contributed by atoms with Crippen molar-refractivity contribution in [1.29, 1.82) is 0 Å². The van der Waals surface area contributed by atoms with Crippen LogP contribution < -0.4 is 0 Å². The molecule has 57 heavy (non-hydrogen) atoms. The smallest absolute Gasteiger partial charge is 0.164 e. The SMILES string of the molecule is c1ccc(-c2nc(-c3ccccc3)nc(-c3cccc4oc5ccc(-c6ccc7c(c6)oc6cccc(-n8c9ccccc9c9ccccc98)c67)cc5c34)n2)cc1. The van der Waals surface area contributed by atoms with Gasteiger partial charge in [0.25, 0.3) is 0 Å². The Labute approximate surface area is 325 Å². The Balaban J connectivity index is 1.02. The van der Waals surface area contributed by atoms with Gasteiger partial charge in [0.15, 0.2) is 17.5 Å². The summed E-state index contributed by atoms with van der Waals surface area (Å²) in [4.78, 5) is 15.0. The number of rotatable bonds is 5. The maximum atomic E-state index is 6.64. The lowest BCUT2D eigenvalue weighted by molar-refractivity contribution is 0.669. The number of hydrogen-bond acceptors (Lipinski definition) is 5. The fourth-order valence-corrected chi connectivity index (χ4v) is 8.48. The number of aromatic nitrogens is 4. The molecule has 6 nitrogen and oxygen atoms in total. The van der Waals surface area contributed by atoms with Gasteiger partial charge in [-0.05, 0) is 65.7 Å². The van der Waals surface area contributed by atoms with Gasteiger partial charge in [-0.15, -0.1) is 0 Å². The van der Waals surface area contributed by atoms with E-state index in [9.17, 15) is 0 Å². The van der Waals surface area contributed by atoms with E-state index in [1.165, 1.54) is 21.8 Å². The van der Waals surface area contributed by atoms with Crippen LogP contribution >= 0.6 is 0 Å². The van der Waals surface area contributed by atoms with Crippen LogP contribution in [0.1, 0.15) is 0 Å². The molecular weight excluding hydrogens is 701 g/mol. The van der Waals surface area contributed by atoms with Gasteiger partial charge in [-0.1, -0.05) is 127 Å². The lowest BCUT2D eigenvalue weighted by atomic mass is 9.99. The third kappa shape index (κ3) is 4.94. The summed E-state index contributed by atoms with van der Waals surface area (Å²) in [6.45, 7) is 0. The first-order valence-corrected chi connectivity index (χ1v) is 19.0. The first-order chi connectivity index (χ1) is 28.2. The molecule has 0 atom stereocenters. The molecule has 0 bridgehead atoms. The molecule has 0 spiro atoms. The van der Waals surface area contributed by atoms with Gasteiger partial charge in [-0.3, -0.25) is 0 Å². The number of nitrogens with zero attached hydrogens (tertiary/aromatic N) is 4. The molecule has 8 aromatic carbocycles. The van der Waals surface area contributed by atoms with E-state index in [0.29, 0.717) is 17.5 Å². The van der Waals surface area contributed by atoms with E-state index in [1.807, 2.05) is 72.8 Å². The Morgan fingerprint density at radius 3 is 1.60 bits per heavy atom. The second kappa shape index (κ2) is 12.3. The molecule has 0 fully saturated rings. The second-order valence-electron chi connectivity index (χ2n) is 14.4. The van der Waals surface area contributed by atoms with Crippen molar-refractivity contribution in [2.45, 2.75) is 0 Å². The molecule has 0 saturated heterocycles. The Bertz CT molecular complexity index is 3410. The van der Waals surface area contributed by atoms with Crippen LogP contribution in [0.25, 0.3) is 117 Å². The maximum Gasteiger partial charge on any atom is 0.164 e. The summed E-state index contributed by atoms with van der Waals surface area (Å²) in [5, 5.41) is 6.57. The third-order valence-corrected chi connectivity index (χ3v) is 11.1. The molecule has 12 aromatic rings. The summed E-state index contributed by atoms with van der Waals surface area (Å²) in [7, 11) is 0. The van der Waals surface area contributed by atoms with Crippen molar-refractivity contribution >= 4 is 65.7 Å². The van der Waals surface area contributed by atoms with E-state index in [-0.39, 0.29) is 0 Å². The first-order valence-electron chi connectivity index (χ1n) is 19.0. The van der Waals surface area contributed by atoms with Crippen LogP contribution in [0.15, 0.2) is 191 Å². The van der Waals surface area contributed by atoms with Gasteiger partial charge in [-0.25, -0.2) is 15.0 Å². The zero-order valence-electron chi connectivity index (χ0n) is 30.4. The first kappa shape index (κ1) is 31.5. The standard InChI is InChI=1S/C51H30N4O2/c1-3-13-31(14-4-1)49-52-50(32-15-5-2-6-16-32)54-51(53-49)38-19-11-23-44-47(38)39-29-33(26-28-43(39)56-44)34-25-27-37-46(30-34)57-45-24-12-22-42(48(37)45)55-40-20-9-7-17-35(40)36-18-8-10-21-41(36)55/h1-30H. The summed E-state index contributed by atoms with van der Waals surface area (Å²) in [6.07, 6.45) is 0. The molecule has 6 heteroatoms. The molecule has 0 amide bonds. The molecule has 0 N–H and O–H groups in total. The lowest BCUT2D eigenvalue weighted by Gasteiger charge is -2.09. The molecule has 0 saturated carbocycles. The van der Waals surface area contributed by atoms with Gasteiger partial charge >= 0.3 is 0 Å². The van der Waals surface area contributed by atoms with Gasteiger partial charge in [0.05, 0.1) is 22.1 Å². The van der Waals surface area contributed by atoms with E-state index in [4.69, 9.17) is 23.8 Å². The average molecular weight is 731 g/mol. The van der Waals surface area contributed by atoms with Crippen LogP contribution in [0.4, 0.5) is 0 Å². The molecule has 12 rings (SSSR count). The van der Waals surface area contributed by atoms with Gasteiger partial charge in [-0.2, -0.15) is 0 Å². The summed E-state index contributed by atoms with van der Waals surface area (Å²) >= 11 is 0. The zero-order valence-corrected chi connectivity index (χ0v) is 30.4. The zero-order chi connectivity index (χ0) is 37.5. The van der Waals surface area contributed by atoms with Crippen LogP contribution in [0.3, 0.4) is 0 Å². The van der Waals surface area contributed by atoms with Crippen molar-refractivity contribution in [2.75, 3.05) is 0 Å². The number of furan rings is 2. The Hall–Kier alpha value is -7.83. The highest BCUT2D eigenvalue weighted by atomic mass is 16.3. The molecule has 0 aliphatic carbocycles. The summed E-state index contributed by atoms with van der Waals surface area (Å²) in [5.41, 5.74) is 11.5. The normalized spacial score (nSPS) is 11.9. The van der Waals surface area contributed by atoms with E-state index in [0.717, 1.165) is 77.4 Å². The highest BCUT2D eigenvalue weighted by Gasteiger charge is 2.20. The second-order valence-corrected chi connectivity index (χ2v) is 14.4. The van der Waals surface area contributed by atoms with Crippen molar-refractivity contribution in [3.8, 4) is 51.0 Å². The minimum absolute atomic E-state index is 0.587. The van der Waals surface area contributed by atoms with Gasteiger partial charge in [0, 0.05) is 43.6 Å².